The van der Waals surface area contributed by atoms with Crippen LogP contribution in [0.5, 0.6) is 0 Å². The Kier molecular flexibility index (Phi) is 2.67. The highest BCUT2D eigenvalue weighted by atomic mass is 16.4. The van der Waals surface area contributed by atoms with E-state index in [1.165, 1.54) is 0 Å². The molecule has 2 N–H and O–H groups in total. The largest absolute Gasteiger partial charge is 0.479 e. The average molecular weight is 184 g/mol. The van der Waals surface area contributed by atoms with Crippen LogP contribution in [0.1, 0.15) is 11.3 Å². The highest BCUT2D eigenvalue weighted by Crippen LogP contribution is 2.08. The number of aryl methyl sites for hydroxylation is 1. The molecule has 1 aromatic heterocycles. The van der Waals surface area contributed by atoms with Crippen molar-refractivity contribution < 1.29 is 15.0 Å². The van der Waals surface area contributed by atoms with E-state index in [4.69, 9.17) is 10.2 Å². The maximum absolute atomic E-state index is 10.3. The van der Waals surface area contributed by atoms with Crippen molar-refractivity contribution in [3.63, 3.8) is 0 Å². The van der Waals surface area contributed by atoms with E-state index in [1.54, 1.807) is 17.9 Å². The average Bonchev–Trinajstić information content (AvgIpc) is 2.36. The van der Waals surface area contributed by atoms with Gasteiger partial charge in [-0.05, 0) is 12.5 Å². The van der Waals surface area contributed by atoms with Gasteiger partial charge in [0.2, 0.25) is 0 Å². The number of nitrogens with zero attached hydrogens (tertiary/aromatic N) is 2. The third kappa shape index (κ3) is 2.06. The third-order valence-electron chi connectivity index (χ3n) is 2.04. The van der Waals surface area contributed by atoms with Crippen LogP contribution in [0.25, 0.3) is 0 Å². The fourth-order valence-electron chi connectivity index (χ4n) is 1.04. The van der Waals surface area contributed by atoms with E-state index in [2.05, 4.69) is 5.10 Å². The van der Waals surface area contributed by atoms with Crippen LogP contribution in [0.3, 0.4) is 0 Å². The number of carboxylic acids is 1. The molecule has 0 radical (unpaired) electrons. The molecule has 0 saturated carbocycles. The Morgan fingerprint density at radius 1 is 1.77 bits per heavy atom. The van der Waals surface area contributed by atoms with E-state index in [0.717, 1.165) is 11.3 Å². The highest BCUT2D eigenvalue weighted by Gasteiger charge is 2.16. The van der Waals surface area contributed by atoms with Gasteiger partial charge < -0.3 is 10.2 Å². The lowest BCUT2D eigenvalue weighted by atomic mass is 10.1. The Hall–Kier alpha value is -1.36. The second-order valence-electron chi connectivity index (χ2n) is 2.94. The number of aromatic nitrogens is 2. The lowest BCUT2D eigenvalue weighted by Gasteiger charge is -2.03. The normalized spacial score (nSPS) is 12.8. The Labute approximate surface area is 75.6 Å². The zero-order valence-corrected chi connectivity index (χ0v) is 7.56. The number of aliphatic hydroxyl groups is 1. The Bertz CT molecular complexity index is 319. The number of carbonyl (C=O) groups is 1. The smallest absolute Gasteiger partial charge is 0.332 e. The van der Waals surface area contributed by atoms with Crippen LogP contribution in [0.2, 0.25) is 0 Å². The summed E-state index contributed by atoms with van der Waals surface area (Å²) < 4.78 is 1.64. The first-order valence-electron chi connectivity index (χ1n) is 3.90. The monoisotopic (exact) mass is 184 g/mol. The first-order valence-corrected chi connectivity index (χ1v) is 3.90. The van der Waals surface area contributed by atoms with Crippen LogP contribution in [-0.2, 0) is 18.3 Å². The lowest BCUT2D eigenvalue weighted by Crippen LogP contribution is -2.22. The van der Waals surface area contributed by atoms with Gasteiger partial charge in [-0.2, -0.15) is 5.10 Å². The second kappa shape index (κ2) is 3.57. The van der Waals surface area contributed by atoms with Crippen LogP contribution >= 0.6 is 0 Å². The van der Waals surface area contributed by atoms with E-state index in [0.29, 0.717) is 0 Å². The molecule has 1 heterocycles. The molecule has 5 nitrogen and oxygen atoms in total. The standard InChI is InChI=1S/C8H12N2O3/c1-5-6(4-9-10(5)2)3-7(11)8(12)13/h4,7,11H,3H2,1-2H3,(H,12,13). The molecule has 1 atom stereocenters. The third-order valence-corrected chi connectivity index (χ3v) is 2.04. The summed E-state index contributed by atoms with van der Waals surface area (Å²) in [5.74, 6) is -1.21. The number of hydrogen-bond donors (Lipinski definition) is 2. The van der Waals surface area contributed by atoms with Gasteiger partial charge >= 0.3 is 5.97 Å². The summed E-state index contributed by atoms with van der Waals surface area (Å²) in [7, 11) is 1.77. The Morgan fingerprint density at radius 2 is 2.38 bits per heavy atom. The highest BCUT2D eigenvalue weighted by molar-refractivity contribution is 5.72. The van der Waals surface area contributed by atoms with E-state index in [-0.39, 0.29) is 6.42 Å². The summed E-state index contributed by atoms with van der Waals surface area (Å²) in [4.78, 5) is 10.3. The van der Waals surface area contributed by atoms with Gasteiger partial charge in [0, 0.05) is 19.2 Å². The Balaban J connectivity index is 2.74. The molecule has 0 bridgehead atoms. The van der Waals surface area contributed by atoms with Crippen molar-refractivity contribution >= 4 is 5.97 Å². The van der Waals surface area contributed by atoms with Crippen LogP contribution in [0, 0.1) is 6.92 Å². The molecular weight excluding hydrogens is 172 g/mol. The Morgan fingerprint density at radius 3 is 2.77 bits per heavy atom. The number of carboxylic acid groups (broad SMARTS) is 1. The molecule has 0 aliphatic rings. The van der Waals surface area contributed by atoms with Crippen molar-refractivity contribution in [2.45, 2.75) is 19.4 Å². The van der Waals surface area contributed by atoms with Crippen LogP contribution in [-0.4, -0.2) is 32.1 Å². The lowest BCUT2D eigenvalue weighted by molar-refractivity contribution is -0.146. The fraction of sp³-hybridized carbons (Fsp3) is 0.500. The molecule has 0 aromatic carbocycles. The SMILES string of the molecule is Cc1c(CC(O)C(=O)O)cnn1C. The van der Waals surface area contributed by atoms with Crippen molar-refractivity contribution in [3.05, 3.63) is 17.5 Å². The molecule has 0 saturated heterocycles. The first-order chi connectivity index (χ1) is 6.02. The minimum atomic E-state index is -1.34. The van der Waals surface area contributed by atoms with E-state index in [9.17, 15) is 4.79 Å². The van der Waals surface area contributed by atoms with Crippen LogP contribution in [0.15, 0.2) is 6.20 Å². The first kappa shape index (κ1) is 9.73. The maximum Gasteiger partial charge on any atom is 0.332 e. The van der Waals surface area contributed by atoms with Crippen molar-refractivity contribution in [3.8, 4) is 0 Å². The molecule has 1 aromatic rings. The van der Waals surface area contributed by atoms with E-state index < -0.39 is 12.1 Å². The predicted octanol–water partition coefficient (Wildman–Crippen LogP) is -0.283. The predicted molar refractivity (Wildman–Crippen MR) is 45.3 cm³/mol. The van der Waals surface area contributed by atoms with Crippen LogP contribution < -0.4 is 0 Å². The summed E-state index contributed by atoms with van der Waals surface area (Å²) in [6, 6.07) is 0. The number of rotatable bonds is 3. The van der Waals surface area contributed by atoms with Gasteiger partial charge in [-0.1, -0.05) is 0 Å². The molecule has 0 amide bonds. The van der Waals surface area contributed by atoms with E-state index >= 15 is 0 Å². The van der Waals surface area contributed by atoms with Gasteiger partial charge in [-0.15, -0.1) is 0 Å². The topological polar surface area (TPSA) is 75.3 Å². The molecule has 0 spiro atoms. The van der Waals surface area contributed by atoms with Crippen molar-refractivity contribution in [2.75, 3.05) is 0 Å². The molecule has 0 aliphatic heterocycles. The van der Waals surface area contributed by atoms with Gasteiger partial charge in [-0.25, -0.2) is 4.79 Å². The van der Waals surface area contributed by atoms with Gasteiger partial charge in [0.15, 0.2) is 6.10 Å². The molecular formula is C8H12N2O3. The van der Waals surface area contributed by atoms with Gasteiger partial charge in [0.1, 0.15) is 0 Å². The summed E-state index contributed by atoms with van der Waals surface area (Å²) >= 11 is 0. The fourth-order valence-corrected chi connectivity index (χ4v) is 1.04. The van der Waals surface area contributed by atoms with Crippen molar-refractivity contribution in [2.24, 2.45) is 7.05 Å². The van der Waals surface area contributed by atoms with E-state index in [1.807, 2.05) is 6.92 Å². The number of aliphatic carboxylic acids is 1. The molecule has 72 valence electrons. The zero-order chi connectivity index (χ0) is 10.0. The molecule has 0 aliphatic carbocycles. The molecule has 5 heteroatoms. The molecule has 1 rings (SSSR count). The summed E-state index contributed by atoms with van der Waals surface area (Å²) in [6.45, 7) is 1.83. The molecule has 1 unspecified atom stereocenters. The summed E-state index contributed by atoms with van der Waals surface area (Å²) in [5.41, 5.74) is 1.64. The minimum absolute atomic E-state index is 0.106. The van der Waals surface area contributed by atoms with Gasteiger partial charge in [0.05, 0.1) is 6.20 Å². The van der Waals surface area contributed by atoms with Gasteiger partial charge in [0.25, 0.3) is 0 Å². The second-order valence-corrected chi connectivity index (χ2v) is 2.94. The molecule has 0 fully saturated rings. The maximum atomic E-state index is 10.3. The minimum Gasteiger partial charge on any atom is -0.479 e. The number of hydrogen-bond acceptors (Lipinski definition) is 3. The van der Waals surface area contributed by atoms with Crippen molar-refractivity contribution in [1.29, 1.82) is 0 Å². The summed E-state index contributed by atoms with van der Waals surface area (Å²) in [5, 5.41) is 21.5. The van der Waals surface area contributed by atoms with Gasteiger partial charge in [-0.3, -0.25) is 4.68 Å². The summed E-state index contributed by atoms with van der Waals surface area (Å²) in [6.07, 6.45) is 0.333. The molecule has 13 heavy (non-hydrogen) atoms. The number of aliphatic hydroxyl groups excluding tert-OH is 1. The zero-order valence-electron chi connectivity index (χ0n) is 7.56. The quantitative estimate of drug-likeness (QED) is 0.677. The van der Waals surface area contributed by atoms with Crippen LogP contribution in [0.4, 0.5) is 0 Å². The van der Waals surface area contributed by atoms with Crippen molar-refractivity contribution in [1.82, 2.24) is 9.78 Å².